The molecule has 1 atom stereocenters. The number of rotatable bonds is 4. The predicted octanol–water partition coefficient (Wildman–Crippen LogP) is 4.43. The molecular weight excluding hydrogens is 278 g/mol. The maximum absolute atomic E-state index is 4.60. The van der Waals surface area contributed by atoms with E-state index in [-0.39, 0.29) is 0 Å². The molecule has 0 N–H and O–H groups in total. The van der Waals surface area contributed by atoms with Gasteiger partial charge in [0.1, 0.15) is 4.38 Å². The third-order valence-electron chi connectivity index (χ3n) is 3.80. The van der Waals surface area contributed by atoms with Crippen molar-refractivity contribution in [2.24, 2.45) is 4.99 Å². The largest absolute Gasteiger partial charge is 0.271 e. The first-order valence-corrected chi connectivity index (χ1v) is 15.7. The van der Waals surface area contributed by atoms with Gasteiger partial charge in [0.2, 0.25) is 0 Å². The molecule has 17 heavy (non-hydrogen) atoms. The fourth-order valence-corrected chi connectivity index (χ4v) is 13.4. The van der Waals surface area contributed by atoms with Crippen molar-refractivity contribution < 1.29 is 0 Å². The van der Waals surface area contributed by atoms with Crippen molar-refractivity contribution in [3.05, 3.63) is 12.2 Å². The summed E-state index contributed by atoms with van der Waals surface area (Å²) in [6, 6.07) is 0. The van der Waals surface area contributed by atoms with E-state index in [9.17, 15) is 0 Å². The summed E-state index contributed by atoms with van der Waals surface area (Å²) in [6.45, 7) is 15.9. The standard InChI is InChI=1S/C12H25NS2Si2/c1-7-8-11(15-12-13-9-10-14-12)17(5,6)16(2,3)4/h7-8,11H,9-10H2,1-6H3/b8-7+. The Morgan fingerprint density at radius 1 is 1.29 bits per heavy atom. The van der Waals surface area contributed by atoms with Crippen LogP contribution < -0.4 is 0 Å². The molecule has 0 amide bonds. The Labute approximate surface area is 117 Å². The van der Waals surface area contributed by atoms with Crippen LogP contribution in [0.25, 0.3) is 0 Å². The molecule has 1 heterocycles. The minimum Gasteiger partial charge on any atom is -0.271 e. The van der Waals surface area contributed by atoms with Gasteiger partial charge in [0.25, 0.3) is 0 Å². The van der Waals surface area contributed by atoms with Gasteiger partial charge in [-0.15, -0.1) is 0 Å². The van der Waals surface area contributed by atoms with E-state index in [2.05, 4.69) is 56.8 Å². The van der Waals surface area contributed by atoms with Crippen LogP contribution in [0.3, 0.4) is 0 Å². The molecule has 1 nitrogen and oxygen atoms in total. The maximum atomic E-state index is 4.60. The van der Waals surface area contributed by atoms with Gasteiger partial charge in [-0.05, 0) is 6.92 Å². The Morgan fingerprint density at radius 2 is 1.94 bits per heavy atom. The van der Waals surface area contributed by atoms with Crippen LogP contribution >= 0.6 is 23.5 Å². The summed E-state index contributed by atoms with van der Waals surface area (Å²) in [4.78, 5) is 5.30. The SMILES string of the molecule is C/C=C/C(SC1=NCCS1)[Si](C)(C)[Si](C)(C)C. The van der Waals surface area contributed by atoms with Gasteiger partial charge in [0.05, 0.1) is 14.1 Å². The highest BCUT2D eigenvalue weighted by molar-refractivity contribution is 8.40. The molecule has 0 saturated heterocycles. The van der Waals surface area contributed by atoms with E-state index in [0.717, 1.165) is 6.54 Å². The first-order chi connectivity index (χ1) is 7.79. The Bertz CT molecular complexity index is 319. The second-order valence-electron chi connectivity index (χ2n) is 6.03. The normalized spacial score (nSPS) is 19.8. The van der Waals surface area contributed by atoms with Crippen molar-refractivity contribution in [3.8, 4) is 0 Å². The zero-order valence-electron chi connectivity index (χ0n) is 11.9. The molecule has 1 aliphatic heterocycles. The van der Waals surface area contributed by atoms with E-state index in [1.54, 1.807) is 0 Å². The minimum atomic E-state index is -1.20. The number of hydrogen-bond acceptors (Lipinski definition) is 3. The predicted molar refractivity (Wildman–Crippen MR) is 91.8 cm³/mol. The lowest BCUT2D eigenvalue weighted by atomic mass is 10.6. The van der Waals surface area contributed by atoms with Crippen LogP contribution in [0.2, 0.25) is 32.7 Å². The minimum absolute atomic E-state index is 0.698. The highest BCUT2D eigenvalue weighted by Crippen LogP contribution is 2.35. The van der Waals surface area contributed by atoms with Crippen molar-refractivity contribution in [2.75, 3.05) is 12.3 Å². The van der Waals surface area contributed by atoms with E-state index in [0.29, 0.717) is 4.87 Å². The Kier molecular flexibility index (Phi) is 5.62. The average molecular weight is 304 g/mol. The van der Waals surface area contributed by atoms with E-state index in [1.807, 2.05) is 23.5 Å². The lowest BCUT2D eigenvalue weighted by Crippen LogP contribution is -2.59. The topological polar surface area (TPSA) is 12.4 Å². The Morgan fingerprint density at radius 3 is 2.35 bits per heavy atom. The first-order valence-electron chi connectivity index (χ1n) is 6.26. The number of thioether (sulfide) groups is 2. The Balaban J connectivity index is 2.84. The van der Waals surface area contributed by atoms with Crippen molar-refractivity contribution in [1.82, 2.24) is 0 Å². The van der Waals surface area contributed by atoms with Gasteiger partial charge in [-0.2, -0.15) is 0 Å². The van der Waals surface area contributed by atoms with E-state index >= 15 is 0 Å². The quantitative estimate of drug-likeness (QED) is 0.562. The van der Waals surface area contributed by atoms with Crippen molar-refractivity contribution in [1.29, 1.82) is 0 Å². The monoisotopic (exact) mass is 303 g/mol. The molecule has 0 spiro atoms. The fourth-order valence-electron chi connectivity index (χ4n) is 1.52. The molecule has 0 aromatic rings. The van der Waals surface area contributed by atoms with Gasteiger partial charge in [0.15, 0.2) is 0 Å². The summed E-state index contributed by atoms with van der Waals surface area (Å²) in [5, 5.41) is 0. The van der Waals surface area contributed by atoms with Crippen LogP contribution in [0, 0.1) is 0 Å². The highest BCUT2D eigenvalue weighted by Gasteiger charge is 2.43. The molecule has 0 aromatic heterocycles. The molecule has 1 rings (SSSR count). The number of aliphatic imine (C=N–C) groups is 1. The maximum Gasteiger partial charge on any atom is 0.124 e. The Hall–Kier alpha value is 0.544. The summed E-state index contributed by atoms with van der Waals surface area (Å²) in [6.07, 6.45) is 4.66. The third-order valence-corrected chi connectivity index (χ3v) is 26.7. The first kappa shape index (κ1) is 15.6. The van der Waals surface area contributed by atoms with E-state index in [1.165, 1.54) is 10.1 Å². The molecule has 1 aliphatic rings. The molecular formula is C12H25NS2Si2. The smallest absolute Gasteiger partial charge is 0.124 e. The van der Waals surface area contributed by atoms with Gasteiger partial charge in [0, 0.05) is 18.2 Å². The van der Waals surface area contributed by atoms with Crippen molar-refractivity contribution in [2.45, 2.75) is 44.5 Å². The van der Waals surface area contributed by atoms with Gasteiger partial charge in [-0.25, -0.2) is 0 Å². The molecule has 0 fully saturated rings. The fraction of sp³-hybridized carbons (Fsp3) is 0.750. The van der Waals surface area contributed by atoms with Crippen LogP contribution in [0.15, 0.2) is 17.1 Å². The molecule has 98 valence electrons. The number of nitrogens with zero attached hydrogens (tertiary/aromatic N) is 1. The van der Waals surface area contributed by atoms with Crippen molar-refractivity contribution in [3.63, 3.8) is 0 Å². The lowest BCUT2D eigenvalue weighted by Gasteiger charge is -2.40. The van der Waals surface area contributed by atoms with Gasteiger partial charge < -0.3 is 0 Å². The van der Waals surface area contributed by atoms with Crippen LogP contribution in [0.5, 0.6) is 0 Å². The lowest BCUT2D eigenvalue weighted by molar-refractivity contribution is 1.18. The van der Waals surface area contributed by atoms with Crippen LogP contribution in [-0.4, -0.2) is 36.7 Å². The van der Waals surface area contributed by atoms with Gasteiger partial charge >= 0.3 is 0 Å². The summed E-state index contributed by atoms with van der Waals surface area (Å²) in [5.41, 5.74) is 0. The third kappa shape index (κ3) is 4.01. The summed E-state index contributed by atoms with van der Waals surface area (Å²) >= 11 is 3.97. The van der Waals surface area contributed by atoms with E-state index in [4.69, 9.17) is 0 Å². The van der Waals surface area contributed by atoms with Crippen LogP contribution in [0.4, 0.5) is 0 Å². The van der Waals surface area contributed by atoms with Crippen LogP contribution in [-0.2, 0) is 0 Å². The van der Waals surface area contributed by atoms with Gasteiger partial charge in [-0.1, -0.05) is 68.4 Å². The summed E-state index contributed by atoms with van der Waals surface area (Å²) in [5.74, 6) is 1.18. The molecule has 0 saturated carbocycles. The molecule has 5 heteroatoms. The van der Waals surface area contributed by atoms with E-state index < -0.39 is 15.2 Å². The molecule has 0 aliphatic carbocycles. The molecule has 0 aromatic carbocycles. The zero-order chi connectivity index (χ0) is 13.1. The zero-order valence-corrected chi connectivity index (χ0v) is 15.5. The van der Waals surface area contributed by atoms with Crippen molar-refractivity contribution >= 4 is 43.1 Å². The van der Waals surface area contributed by atoms with Crippen LogP contribution in [0.1, 0.15) is 6.92 Å². The van der Waals surface area contributed by atoms with Gasteiger partial charge in [-0.3, -0.25) is 4.99 Å². The molecule has 0 radical (unpaired) electrons. The summed E-state index contributed by atoms with van der Waals surface area (Å²) in [7, 11) is -2.26. The molecule has 1 unspecified atom stereocenters. The number of hydrogen-bond donors (Lipinski definition) is 0. The average Bonchev–Trinajstić information content (AvgIpc) is 2.68. The second kappa shape index (κ2) is 6.13. The number of allylic oxidation sites excluding steroid dienone is 1. The summed E-state index contributed by atoms with van der Waals surface area (Å²) < 4.78 is 1.33. The molecule has 0 bridgehead atoms. The highest BCUT2D eigenvalue weighted by atomic mass is 32.2. The second-order valence-corrected chi connectivity index (χ2v) is 25.9.